The largest absolute Gasteiger partial charge is 0.492 e. The zero-order chi connectivity index (χ0) is 20.5. The number of halogens is 3. The summed E-state index contributed by atoms with van der Waals surface area (Å²) in [6.07, 6.45) is -2.61. The van der Waals surface area contributed by atoms with Gasteiger partial charge in [0.2, 0.25) is 0 Å². The average Bonchev–Trinajstić information content (AvgIpc) is 2.59. The first-order valence-corrected chi connectivity index (χ1v) is 9.63. The first-order chi connectivity index (χ1) is 13.0. The summed E-state index contributed by atoms with van der Waals surface area (Å²) < 4.78 is 45.4. The molecule has 0 bridgehead atoms. The lowest BCUT2D eigenvalue weighted by atomic mass is 9.67. The van der Waals surface area contributed by atoms with E-state index in [2.05, 4.69) is 24.8 Å². The minimum Gasteiger partial charge on any atom is -0.492 e. The molecule has 5 heteroatoms. The smallest absolute Gasteiger partial charge is 0.416 e. The van der Waals surface area contributed by atoms with Gasteiger partial charge in [-0.25, -0.2) is 0 Å². The number of ether oxygens (including phenoxy) is 1. The Balaban J connectivity index is 1.93. The van der Waals surface area contributed by atoms with Crippen molar-refractivity contribution >= 4 is 0 Å². The highest BCUT2D eigenvalue weighted by Gasteiger charge is 2.35. The molecular formula is C23H28F3NO. The Bertz CT molecular complexity index is 827. The minimum atomic E-state index is -4.33. The highest BCUT2D eigenvalue weighted by molar-refractivity contribution is 5.45. The van der Waals surface area contributed by atoms with E-state index in [9.17, 15) is 13.2 Å². The SMILES string of the molecule is CN(C)CCOc1ccc2c(c1)CC(C)(C)CC2c1cccc(C(F)(F)F)c1. The van der Waals surface area contributed by atoms with E-state index in [1.807, 2.05) is 32.3 Å². The Morgan fingerprint density at radius 3 is 2.54 bits per heavy atom. The zero-order valence-corrected chi connectivity index (χ0v) is 16.9. The summed E-state index contributed by atoms with van der Waals surface area (Å²) in [4.78, 5) is 2.06. The summed E-state index contributed by atoms with van der Waals surface area (Å²) in [7, 11) is 4.00. The minimum absolute atomic E-state index is 0.00810. The maximum absolute atomic E-state index is 13.2. The molecule has 3 rings (SSSR count). The van der Waals surface area contributed by atoms with Crippen molar-refractivity contribution in [3.63, 3.8) is 0 Å². The number of alkyl halides is 3. The van der Waals surface area contributed by atoms with Gasteiger partial charge < -0.3 is 9.64 Å². The molecule has 1 aliphatic rings. The quantitative estimate of drug-likeness (QED) is 0.643. The lowest BCUT2D eigenvalue weighted by Crippen LogP contribution is -2.26. The van der Waals surface area contributed by atoms with Crippen LogP contribution in [0.1, 0.15) is 48.4 Å². The van der Waals surface area contributed by atoms with Crippen LogP contribution in [0.15, 0.2) is 42.5 Å². The fourth-order valence-corrected chi connectivity index (χ4v) is 3.99. The number of likely N-dealkylation sites (N-methyl/N-ethyl adjacent to an activating group) is 1. The predicted octanol–water partition coefficient (Wildman–Crippen LogP) is 5.75. The van der Waals surface area contributed by atoms with Gasteiger partial charge in [-0.15, -0.1) is 0 Å². The average molecular weight is 391 g/mol. The summed E-state index contributed by atoms with van der Waals surface area (Å²) in [6.45, 7) is 5.79. The third kappa shape index (κ3) is 4.88. The van der Waals surface area contributed by atoms with Gasteiger partial charge in [0.25, 0.3) is 0 Å². The molecule has 1 unspecified atom stereocenters. The third-order valence-corrected chi connectivity index (χ3v) is 5.34. The molecule has 0 saturated heterocycles. The highest BCUT2D eigenvalue weighted by Crippen LogP contribution is 2.46. The Kier molecular flexibility index (Phi) is 5.76. The van der Waals surface area contributed by atoms with E-state index < -0.39 is 11.7 Å². The van der Waals surface area contributed by atoms with E-state index in [4.69, 9.17) is 4.74 Å². The second-order valence-electron chi connectivity index (χ2n) is 8.73. The summed E-state index contributed by atoms with van der Waals surface area (Å²) in [5.74, 6) is 0.776. The molecule has 0 heterocycles. The molecular weight excluding hydrogens is 363 g/mol. The van der Waals surface area contributed by atoms with Crippen molar-refractivity contribution in [2.75, 3.05) is 27.2 Å². The van der Waals surface area contributed by atoms with Gasteiger partial charge in [-0.3, -0.25) is 0 Å². The molecule has 0 spiro atoms. The fourth-order valence-electron chi connectivity index (χ4n) is 3.99. The number of fused-ring (bicyclic) bond motifs is 1. The fraction of sp³-hybridized carbons (Fsp3) is 0.478. The van der Waals surface area contributed by atoms with E-state index in [0.717, 1.165) is 42.3 Å². The molecule has 2 aromatic carbocycles. The van der Waals surface area contributed by atoms with Crippen LogP contribution in [0.3, 0.4) is 0 Å². The van der Waals surface area contributed by atoms with Crippen LogP contribution in [0.25, 0.3) is 0 Å². The Hall–Kier alpha value is -2.01. The number of nitrogens with zero attached hydrogens (tertiary/aromatic N) is 1. The standard InChI is InChI=1S/C23H28F3NO/c1-22(2)14-17-13-19(28-11-10-27(3)4)8-9-20(17)21(15-22)16-6-5-7-18(12-16)23(24,25)26/h5-9,12-13,21H,10-11,14-15H2,1-4H3. The number of hydrogen-bond donors (Lipinski definition) is 0. The lowest BCUT2D eigenvalue weighted by molar-refractivity contribution is -0.137. The molecule has 0 aromatic heterocycles. The molecule has 0 N–H and O–H groups in total. The molecule has 0 aliphatic heterocycles. The number of rotatable bonds is 5. The van der Waals surface area contributed by atoms with Crippen LogP contribution >= 0.6 is 0 Å². The van der Waals surface area contributed by atoms with E-state index in [1.165, 1.54) is 17.7 Å². The second-order valence-corrected chi connectivity index (χ2v) is 8.73. The molecule has 1 atom stereocenters. The summed E-state index contributed by atoms with van der Waals surface area (Å²) in [6, 6.07) is 11.8. The van der Waals surface area contributed by atoms with Gasteiger partial charge in [-0.1, -0.05) is 38.1 Å². The number of benzene rings is 2. The van der Waals surface area contributed by atoms with Crippen LogP contribution in [0, 0.1) is 5.41 Å². The van der Waals surface area contributed by atoms with Crippen LogP contribution in [0.5, 0.6) is 5.75 Å². The zero-order valence-electron chi connectivity index (χ0n) is 16.9. The molecule has 0 radical (unpaired) electrons. The van der Waals surface area contributed by atoms with E-state index in [-0.39, 0.29) is 11.3 Å². The summed E-state index contributed by atoms with van der Waals surface area (Å²) >= 11 is 0. The van der Waals surface area contributed by atoms with Gasteiger partial charge in [-0.2, -0.15) is 13.2 Å². The first-order valence-electron chi connectivity index (χ1n) is 9.63. The van der Waals surface area contributed by atoms with Gasteiger partial charge in [0, 0.05) is 12.5 Å². The van der Waals surface area contributed by atoms with Crippen LogP contribution in [-0.2, 0) is 12.6 Å². The third-order valence-electron chi connectivity index (χ3n) is 5.34. The van der Waals surface area contributed by atoms with Crippen LogP contribution < -0.4 is 4.74 Å². The molecule has 2 aromatic rings. The van der Waals surface area contributed by atoms with Gasteiger partial charge in [0.1, 0.15) is 12.4 Å². The summed E-state index contributed by atoms with van der Waals surface area (Å²) in [5, 5.41) is 0. The Labute approximate surface area is 165 Å². The molecule has 28 heavy (non-hydrogen) atoms. The van der Waals surface area contributed by atoms with Crippen molar-refractivity contribution in [2.45, 2.75) is 38.8 Å². The van der Waals surface area contributed by atoms with Crippen LogP contribution in [0.2, 0.25) is 0 Å². The highest BCUT2D eigenvalue weighted by atomic mass is 19.4. The van der Waals surface area contributed by atoms with Gasteiger partial charge >= 0.3 is 6.18 Å². The van der Waals surface area contributed by atoms with Gasteiger partial charge in [-0.05, 0) is 67.2 Å². The summed E-state index contributed by atoms with van der Waals surface area (Å²) in [5.41, 5.74) is 2.43. The maximum Gasteiger partial charge on any atom is 0.416 e. The number of hydrogen-bond acceptors (Lipinski definition) is 2. The van der Waals surface area contributed by atoms with Gasteiger partial charge in [0.05, 0.1) is 5.56 Å². The molecule has 0 amide bonds. The molecule has 0 saturated carbocycles. The van der Waals surface area contributed by atoms with Gasteiger partial charge in [0.15, 0.2) is 0 Å². The Morgan fingerprint density at radius 1 is 1.11 bits per heavy atom. The normalized spacial score (nSPS) is 18.8. The van der Waals surface area contributed by atoms with Crippen molar-refractivity contribution in [1.82, 2.24) is 4.90 Å². The lowest BCUT2D eigenvalue weighted by Gasteiger charge is -2.37. The molecule has 0 fully saturated rings. The molecule has 1 aliphatic carbocycles. The van der Waals surface area contributed by atoms with Crippen molar-refractivity contribution in [3.05, 3.63) is 64.7 Å². The monoisotopic (exact) mass is 391 g/mol. The van der Waals surface area contributed by atoms with Crippen molar-refractivity contribution in [1.29, 1.82) is 0 Å². The van der Waals surface area contributed by atoms with Crippen molar-refractivity contribution in [3.8, 4) is 5.75 Å². The van der Waals surface area contributed by atoms with Crippen molar-refractivity contribution < 1.29 is 17.9 Å². The van der Waals surface area contributed by atoms with Crippen LogP contribution in [-0.4, -0.2) is 32.1 Å². The first kappa shape index (κ1) is 20.7. The second kappa shape index (κ2) is 7.78. The molecule has 152 valence electrons. The topological polar surface area (TPSA) is 12.5 Å². The van der Waals surface area contributed by atoms with E-state index in [0.29, 0.717) is 6.61 Å². The Morgan fingerprint density at radius 2 is 1.86 bits per heavy atom. The predicted molar refractivity (Wildman–Crippen MR) is 106 cm³/mol. The molecule has 2 nitrogen and oxygen atoms in total. The van der Waals surface area contributed by atoms with Crippen molar-refractivity contribution in [2.24, 2.45) is 5.41 Å². The van der Waals surface area contributed by atoms with E-state index >= 15 is 0 Å². The van der Waals surface area contributed by atoms with Crippen LogP contribution in [0.4, 0.5) is 13.2 Å². The maximum atomic E-state index is 13.2. The van der Waals surface area contributed by atoms with E-state index in [1.54, 1.807) is 0 Å².